The Morgan fingerprint density at radius 1 is 0.846 bits per heavy atom. The second kappa shape index (κ2) is 13.0. The third kappa shape index (κ3) is 8.41. The summed E-state index contributed by atoms with van der Waals surface area (Å²) >= 11 is 0. The van der Waals surface area contributed by atoms with Crippen molar-refractivity contribution in [3.8, 4) is 11.5 Å². The Morgan fingerprint density at radius 3 is 1.96 bits per heavy atom. The quantitative estimate of drug-likeness (QED) is 0.436. The molecule has 0 saturated carbocycles. The van der Waals surface area contributed by atoms with Crippen LogP contribution in [0.1, 0.15) is 71.1 Å². The van der Waals surface area contributed by atoms with Crippen LogP contribution in [0, 0.1) is 0 Å². The topological polar surface area (TPSA) is 64.6 Å². The van der Waals surface area contributed by atoms with Gasteiger partial charge in [0.15, 0.2) is 0 Å². The third-order valence-corrected chi connectivity index (χ3v) is 5.98. The van der Waals surface area contributed by atoms with Crippen LogP contribution in [-0.4, -0.2) is 29.2 Å². The molecular weight excluding hydrogens is 350 g/mol. The lowest BCUT2D eigenvalue weighted by Gasteiger charge is -2.12. The fourth-order valence-electron chi connectivity index (χ4n) is 2.89. The van der Waals surface area contributed by atoms with Crippen molar-refractivity contribution in [2.24, 2.45) is 0 Å². The molecule has 26 heavy (non-hydrogen) atoms. The molecule has 0 radical (unpaired) electrons. The van der Waals surface area contributed by atoms with E-state index in [0.717, 1.165) is 12.8 Å². The minimum absolute atomic E-state index is 0.146. The lowest BCUT2D eigenvalue weighted by molar-refractivity contribution is 0.386. The maximum atomic E-state index is 12.4. The fraction of sp³-hybridized carbons (Fsp3) is 0.700. The Morgan fingerprint density at radius 2 is 1.42 bits per heavy atom. The van der Waals surface area contributed by atoms with E-state index >= 15 is 0 Å². The molecule has 0 unspecified atom stereocenters. The molecule has 0 atom stereocenters. The van der Waals surface area contributed by atoms with E-state index in [0.29, 0.717) is 18.0 Å². The Balaban J connectivity index is 2.26. The number of ether oxygens (including phenoxy) is 2. The van der Waals surface area contributed by atoms with E-state index in [9.17, 15) is 8.42 Å². The summed E-state index contributed by atoms with van der Waals surface area (Å²) in [7, 11) is -0.580. The molecule has 1 aromatic rings. The molecule has 0 aliphatic heterocycles. The van der Waals surface area contributed by atoms with Crippen LogP contribution in [-0.2, 0) is 10.0 Å². The first kappa shape index (κ1) is 22.8. The highest BCUT2D eigenvalue weighted by Gasteiger charge is 2.19. The molecule has 0 fully saturated rings. The normalized spacial score (nSPS) is 11.5. The summed E-state index contributed by atoms with van der Waals surface area (Å²) in [5.41, 5.74) is 0. The van der Waals surface area contributed by atoms with E-state index < -0.39 is 10.0 Å². The van der Waals surface area contributed by atoms with E-state index in [1.54, 1.807) is 12.1 Å². The molecule has 0 aliphatic rings. The first-order valence-corrected chi connectivity index (χ1v) is 11.2. The Labute approximate surface area is 159 Å². The van der Waals surface area contributed by atoms with Crippen molar-refractivity contribution in [1.82, 2.24) is 4.72 Å². The summed E-state index contributed by atoms with van der Waals surface area (Å²) < 4.78 is 37.8. The van der Waals surface area contributed by atoms with Gasteiger partial charge < -0.3 is 9.47 Å². The standard InChI is InChI=1S/C20H35NO4S/c1-4-5-6-7-8-9-10-11-12-13-16-21-26(22,23)20-15-14-18(24-2)17-19(20)25-3/h14-15,17,21H,4-13,16H2,1-3H3. The number of sulfonamides is 1. The summed E-state index contributed by atoms with van der Waals surface area (Å²) in [6.07, 6.45) is 12.3. The number of rotatable bonds is 15. The van der Waals surface area contributed by atoms with E-state index in [-0.39, 0.29) is 4.90 Å². The van der Waals surface area contributed by atoms with Crippen LogP contribution in [0.4, 0.5) is 0 Å². The molecule has 5 nitrogen and oxygen atoms in total. The summed E-state index contributed by atoms with van der Waals surface area (Å²) in [5, 5.41) is 0. The van der Waals surface area contributed by atoms with Crippen LogP contribution >= 0.6 is 0 Å². The zero-order chi connectivity index (χ0) is 19.3. The smallest absolute Gasteiger partial charge is 0.244 e. The molecule has 0 saturated heterocycles. The van der Waals surface area contributed by atoms with Gasteiger partial charge in [-0.25, -0.2) is 13.1 Å². The summed E-state index contributed by atoms with van der Waals surface area (Å²) in [5.74, 6) is 0.857. The molecule has 1 rings (SSSR count). The molecule has 1 aromatic carbocycles. The van der Waals surface area contributed by atoms with Crippen molar-refractivity contribution in [2.75, 3.05) is 20.8 Å². The first-order valence-electron chi connectivity index (χ1n) is 9.77. The van der Waals surface area contributed by atoms with E-state index in [4.69, 9.17) is 9.47 Å². The van der Waals surface area contributed by atoms with E-state index in [2.05, 4.69) is 11.6 Å². The van der Waals surface area contributed by atoms with Gasteiger partial charge in [-0.2, -0.15) is 0 Å². The number of unbranched alkanes of at least 4 members (excludes halogenated alkanes) is 9. The maximum Gasteiger partial charge on any atom is 0.244 e. The van der Waals surface area contributed by atoms with Gasteiger partial charge in [0.05, 0.1) is 14.2 Å². The predicted molar refractivity (Wildman–Crippen MR) is 107 cm³/mol. The van der Waals surface area contributed by atoms with Gasteiger partial charge in [-0.3, -0.25) is 0 Å². The molecular formula is C20H35NO4S. The summed E-state index contributed by atoms with van der Waals surface area (Å²) in [6, 6.07) is 4.71. The van der Waals surface area contributed by atoms with Gasteiger partial charge in [0.2, 0.25) is 10.0 Å². The molecule has 0 amide bonds. The van der Waals surface area contributed by atoms with Crippen molar-refractivity contribution in [2.45, 2.75) is 76.0 Å². The van der Waals surface area contributed by atoms with Crippen LogP contribution < -0.4 is 14.2 Å². The average molecular weight is 386 g/mol. The Hall–Kier alpha value is -1.27. The Kier molecular flexibility index (Phi) is 11.4. The number of nitrogens with one attached hydrogen (secondary N) is 1. The summed E-state index contributed by atoms with van der Waals surface area (Å²) in [6.45, 7) is 2.69. The van der Waals surface area contributed by atoms with Gasteiger partial charge in [-0.15, -0.1) is 0 Å². The summed E-state index contributed by atoms with van der Waals surface area (Å²) in [4.78, 5) is 0.146. The lowest BCUT2D eigenvalue weighted by atomic mass is 10.1. The SMILES string of the molecule is CCCCCCCCCCCCNS(=O)(=O)c1ccc(OC)cc1OC. The second-order valence-corrected chi connectivity index (χ2v) is 8.33. The molecule has 0 heterocycles. The highest BCUT2D eigenvalue weighted by atomic mass is 32.2. The zero-order valence-electron chi connectivity index (χ0n) is 16.6. The van der Waals surface area contributed by atoms with Crippen molar-refractivity contribution in [1.29, 1.82) is 0 Å². The fourth-order valence-corrected chi connectivity index (χ4v) is 4.12. The van der Waals surface area contributed by atoms with Gasteiger partial charge in [0, 0.05) is 12.6 Å². The average Bonchev–Trinajstić information content (AvgIpc) is 2.65. The highest BCUT2D eigenvalue weighted by molar-refractivity contribution is 7.89. The van der Waals surface area contributed by atoms with Crippen LogP contribution in [0.5, 0.6) is 11.5 Å². The zero-order valence-corrected chi connectivity index (χ0v) is 17.4. The number of benzene rings is 1. The van der Waals surface area contributed by atoms with Crippen molar-refractivity contribution >= 4 is 10.0 Å². The Bertz CT molecular complexity index is 602. The third-order valence-electron chi connectivity index (χ3n) is 4.48. The number of hydrogen-bond donors (Lipinski definition) is 1. The van der Waals surface area contributed by atoms with Crippen molar-refractivity contribution in [3.05, 3.63) is 18.2 Å². The van der Waals surface area contributed by atoms with Crippen LogP contribution in [0.15, 0.2) is 23.1 Å². The molecule has 0 aromatic heterocycles. The largest absolute Gasteiger partial charge is 0.497 e. The van der Waals surface area contributed by atoms with Gasteiger partial charge in [0.1, 0.15) is 16.4 Å². The molecule has 1 N–H and O–H groups in total. The second-order valence-electron chi connectivity index (χ2n) is 6.60. The minimum Gasteiger partial charge on any atom is -0.497 e. The van der Waals surface area contributed by atoms with Gasteiger partial charge in [0.25, 0.3) is 0 Å². The molecule has 0 spiro atoms. The van der Waals surface area contributed by atoms with Gasteiger partial charge >= 0.3 is 0 Å². The van der Waals surface area contributed by atoms with Gasteiger partial charge in [-0.05, 0) is 18.6 Å². The van der Waals surface area contributed by atoms with E-state index in [1.807, 2.05) is 0 Å². The van der Waals surface area contributed by atoms with Crippen molar-refractivity contribution < 1.29 is 17.9 Å². The lowest BCUT2D eigenvalue weighted by Crippen LogP contribution is -2.25. The predicted octanol–water partition coefficient (Wildman–Crippen LogP) is 4.90. The van der Waals surface area contributed by atoms with Crippen LogP contribution in [0.2, 0.25) is 0 Å². The minimum atomic E-state index is -3.57. The molecule has 150 valence electrons. The maximum absolute atomic E-state index is 12.4. The number of methoxy groups -OCH3 is 2. The van der Waals surface area contributed by atoms with Gasteiger partial charge in [-0.1, -0.05) is 64.7 Å². The highest BCUT2D eigenvalue weighted by Crippen LogP contribution is 2.28. The first-order chi connectivity index (χ1) is 12.5. The van der Waals surface area contributed by atoms with Crippen LogP contribution in [0.25, 0.3) is 0 Å². The molecule has 6 heteroatoms. The van der Waals surface area contributed by atoms with E-state index in [1.165, 1.54) is 71.7 Å². The van der Waals surface area contributed by atoms with Crippen LogP contribution in [0.3, 0.4) is 0 Å². The monoisotopic (exact) mass is 385 g/mol. The van der Waals surface area contributed by atoms with Crippen molar-refractivity contribution in [3.63, 3.8) is 0 Å². The molecule has 0 aliphatic carbocycles. The molecule has 0 bridgehead atoms. The number of hydrogen-bond acceptors (Lipinski definition) is 4.